The molecular weight excluding hydrogens is 920 g/mol. The van der Waals surface area contributed by atoms with Crippen molar-refractivity contribution in [1.82, 2.24) is 40.8 Å². The number of unbranched alkanes of at least 4 members (excludes halogenated alkanes) is 10. The van der Waals surface area contributed by atoms with Gasteiger partial charge in [-0.3, -0.25) is 14.2 Å². The summed E-state index contributed by atoms with van der Waals surface area (Å²) < 4.78 is 42.9. The second kappa shape index (κ2) is 33.5. The summed E-state index contributed by atoms with van der Waals surface area (Å²) in [4.78, 5) is 53.8. The Hall–Kier alpha value is -3.08. The summed E-state index contributed by atoms with van der Waals surface area (Å²) in [5.41, 5.74) is 0.315. The summed E-state index contributed by atoms with van der Waals surface area (Å²) in [6, 6.07) is 2.85. The molecule has 69 heavy (non-hydrogen) atoms. The number of hydrogen-bond acceptors (Lipinski definition) is 14. The lowest BCUT2D eigenvalue weighted by atomic mass is 10.0. The second-order valence-electron chi connectivity index (χ2n) is 19.1. The van der Waals surface area contributed by atoms with E-state index in [4.69, 9.17) is 26.5 Å². The number of ether oxygens (including phenoxy) is 2. The van der Waals surface area contributed by atoms with Crippen LogP contribution in [0.5, 0.6) is 0 Å². The van der Waals surface area contributed by atoms with Crippen LogP contribution in [0.2, 0.25) is 0 Å². The fraction of sp³-hybridized carbons (Fsp3) is 0.837. The first-order chi connectivity index (χ1) is 34.3. The zero-order valence-corrected chi connectivity index (χ0v) is 44.0. The third kappa shape index (κ3) is 21.7. The lowest BCUT2D eigenvalue weighted by molar-refractivity contribution is -0.121. The number of rotatable bonds is 38. The van der Waals surface area contributed by atoms with E-state index in [1.54, 1.807) is 6.20 Å². The molecule has 0 aromatic carbocycles. The van der Waals surface area contributed by atoms with Gasteiger partial charge >= 0.3 is 11.7 Å². The Morgan fingerprint density at radius 3 is 2.25 bits per heavy atom. The van der Waals surface area contributed by atoms with Gasteiger partial charge in [0.1, 0.15) is 18.1 Å². The lowest BCUT2D eigenvalue weighted by Gasteiger charge is -2.37. The summed E-state index contributed by atoms with van der Waals surface area (Å²) in [5.74, 6) is 1.76. The van der Waals surface area contributed by atoms with E-state index in [9.17, 15) is 19.2 Å². The molecule has 8 unspecified atom stereocenters. The second-order valence-corrected chi connectivity index (χ2v) is 21.8. The number of methoxy groups -OCH3 is 1. The van der Waals surface area contributed by atoms with Crippen LogP contribution in [0.3, 0.4) is 0 Å². The van der Waals surface area contributed by atoms with E-state index in [1.165, 1.54) is 11.0 Å². The molecule has 0 bridgehead atoms. The molecule has 392 valence electrons. The molecule has 3 aliphatic rings. The SMILES string of the molecule is [2H]C([3H])OCC1OC(n2cc(C)c(NCCCCCCCNC(=O)CCCCCCNC(=O)CCCCCNCCCCC3SCC4NC(=O)NC43)nc2=O)CC1OP(OCCC#N)N(C(C)C)C(C)C. The van der Waals surface area contributed by atoms with E-state index in [0.717, 1.165) is 114 Å². The number of carbonyl (C=O) groups is 3. The standard InChI is InChI=1S/C49H87N10O8PS/c1-36(2)59(37(3)4)68(65-31-21-25-50)67-40-32-45(66-41(40)34-64-6)58-33-38(5)47(57-49(58)63)54-30-19-10-7-9-17-28-52-43(60)23-13-8-11-18-29-53-44(61)24-14-12-16-26-51-27-20-15-22-42-46-39(35-69-42)55-48(62)56-46/h33,36-37,39-42,45-46,51H,7-24,26-32,34-35H2,1-6H3,(H,52,60)(H,53,61)(H,54,57,63)(H2,55,56,62)/i6TD. The Labute approximate surface area is 421 Å². The fourth-order valence-electron chi connectivity index (χ4n) is 9.05. The van der Waals surface area contributed by atoms with Gasteiger partial charge in [0.15, 0.2) is 0 Å². The van der Waals surface area contributed by atoms with Gasteiger partial charge in [-0.15, -0.1) is 0 Å². The average Bonchev–Trinajstić information content (AvgIpc) is 4.02. The molecular formula is C49H87N10O8PS. The summed E-state index contributed by atoms with van der Waals surface area (Å²) in [5, 5.41) is 28.6. The number of hydrogen-bond donors (Lipinski definition) is 6. The number of aromatic nitrogens is 2. The number of nitriles is 1. The molecule has 1 aromatic heterocycles. The summed E-state index contributed by atoms with van der Waals surface area (Å²) in [7, 11) is -3.11. The van der Waals surface area contributed by atoms with E-state index in [-0.39, 0.29) is 49.6 Å². The highest BCUT2D eigenvalue weighted by Crippen LogP contribution is 2.50. The number of anilines is 1. The summed E-state index contributed by atoms with van der Waals surface area (Å²) in [6.45, 7) is 14.2. The maximum absolute atomic E-state index is 13.4. The van der Waals surface area contributed by atoms with Crippen LogP contribution in [-0.4, -0.2) is 132 Å². The van der Waals surface area contributed by atoms with Crippen molar-refractivity contribution in [3.8, 4) is 6.07 Å². The summed E-state index contributed by atoms with van der Waals surface area (Å²) >= 11 is 1.97. The predicted molar refractivity (Wildman–Crippen MR) is 275 cm³/mol. The zero-order chi connectivity index (χ0) is 51.4. The molecule has 6 N–H and O–H groups in total. The molecule has 4 rings (SSSR count). The number of fused-ring (bicyclic) bond motifs is 1. The van der Waals surface area contributed by atoms with Crippen LogP contribution in [0.15, 0.2) is 11.0 Å². The van der Waals surface area contributed by atoms with Crippen molar-refractivity contribution in [2.75, 3.05) is 64.1 Å². The molecule has 20 heteroatoms. The van der Waals surface area contributed by atoms with Gasteiger partial charge in [-0.2, -0.15) is 22.0 Å². The molecule has 0 spiro atoms. The predicted octanol–water partition coefficient (Wildman–Crippen LogP) is 7.18. The number of carbonyl (C=O) groups excluding carboxylic acids is 3. The highest BCUT2D eigenvalue weighted by atomic mass is 32.2. The van der Waals surface area contributed by atoms with Gasteiger partial charge in [0.25, 0.3) is 8.53 Å². The number of amides is 4. The lowest BCUT2D eigenvalue weighted by Crippen LogP contribution is -2.36. The first-order valence-electron chi connectivity index (χ1n) is 27.1. The highest BCUT2D eigenvalue weighted by Gasteiger charge is 2.43. The van der Waals surface area contributed by atoms with Crippen molar-refractivity contribution in [1.29, 1.82) is 5.26 Å². The van der Waals surface area contributed by atoms with Gasteiger partial charge < -0.3 is 50.4 Å². The number of urea groups is 1. The molecule has 3 saturated heterocycles. The maximum Gasteiger partial charge on any atom is 0.351 e. The van der Waals surface area contributed by atoms with Gasteiger partial charge in [-0.1, -0.05) is 44.9 Å². The number of nitrogens with zero attached hydrogens (tertiary/aromatic N) is 4. The van der Waals surface area contributed by atoms with E-state index < -0.39 is 39.7 Å². The monoisotopic (exact) mass is 1010 g/mol. The van der Waals surface area contributed by atoms with Crippen LogP contribution in [-0.2, 0) is 28.1 Å². The normalized spacial score (nSPS) is 22.2. The van der Waals surface area contributed by atoms with Crippen molar-refractivity contribution in [2.45, 2.75) is 204 Å². The van der Waals surface area contributed by atoms with E-state index in [1.807, 2.05) is 46.4 Å². The van der Waals surface area contributed by atoms with Crippen LogP contribution >= 0.6 is 20.3 Å². The van der Waals surface area contributed by atoms with Crippen molar-refractivity contribution in [2.24, 2.45) is 0 Å². The number of thioether (sulfide) groups is 1. The highest BCUT2D eigenvalue weighted by molar-refractivity contribution is 8.00. The molecule has 0 aliphatic carbocycles. The van der Waals surface area contributed by atoms with E-state index in [0.29, 0.717) is 62.0 Å². The molecule has 4 amide bonds. The zero-order valence-electron chi connectivity index (χ0n) is 44.3. The minimum Gasteiger partial charge on any atom is -0.382 e. The molecule has 3 fully saturated rings. The molecule has 8 atom stereocenters. The Morgan fingerprint density at radius 1 is 0.957 bits per heavy atom. The van der Waals surface area contributed by atoms with Crippen LogP contribution in [0, 0.1) is 18.3 Å². The van der Waals surface area contributed by atoms with Crippen molar-refractivity contribution in [3.63, 3.8) is 0 Å². The van der Waals surface area contributed by atoms with Gasteiger partial charge in [0.2, 0.25) is 11.8 Å². The van der Waals surface area contributed by atoms with E-state index in [2.05, 4.69) is 47.6 Å². The summed E-state index contributed by atoms with van der Waals surface area (Å²) in [6.07, 6.45) is 16.5. The molecule has 18 nitrogen and oxygen atoms in total. The third-order valence-corrected chi connectivity index (χ3v) is 16.3. The number of aryl methyl sites for hydroxylation is 1. The van der Waals surface area contributed by atoms with E-state index >= 15 is 0 Å². The first kappa shape index (κ1) is 55.2. The minimum atomic E-state index is -1.60. The van der Waals surface area contributed by atoms with Crippen molar-refractivity contribution in [3.05, 3.63) is 22.2 Å². The van der Waals surface area contributed by atoms with Gasteiger partial charge in [0.05, 0.1) is 46.6 Å². The Kier molecular flexibility index (Phi) is 26.9. The molecule has 0 radical (unpaired) electrons. The average molecular weight is 1010 g/mol. The third-order valence-electron chi connectivity index (χ3n) is 12.7. The smallest absolute Gasteiger partial charge is 0.351 e. The van der Waals surface area contributed by atoms with Gasteiger partial charge in [0, 0.05) is 80.8 Å². The Balaban J connectivity index is 0.971. The van der Waals surface area contributed by atoms with Crippen molar-refractivity contribution < 1.29 is 35.6 Å². The molecule has 1 aromatic rings. The maximum atomic E-state index is 13.4. The number of nitrogens with one attached hydrogen (secondary N) is 6. The van der Waals surface area contributed by atoms with Crippen molar-refractivity contribution >= 4 is 44.0 Å². The minimum absolute atomic E-state index is 0.0186. The van der Waals surface area contributed by atoms with Gasteiger partial charge in [-0.25, -0.2) is 14.3 Å². The quantitative estimate of drug-likeness (QED) is 0.0220. The van der Waals surface area contributed by atoms with Gasteiger partial charge in [-0.05, 0) is 99.1 Å². The first-order valence-corrected chi connectivity index (χ1v) is 28.1. The topological polar surface area (TPSA) is 222 Å². The fourth-order valence-corrected chi connectivity index (χ4v) is 12.4. The van der Waals surface area contributed by atoms with Crippen LogP contribution in [0.4, 0.5) is 10.6 Å². The van der Waals surface area contributed by atoms with Crippen LogP contribution in [0.25, 0.3) is 0 Å². The van der Waals surface area contributed by atoms with Crippen LogP contribution < -0.4 is 37.6 Å². The largest absolute Gasteiger partial charge is 0.382 e. The molecule has 0 saturated carbocycles. The Morgan fingerprint density at radius 2 is 1.58 bits per heavy atom. The van der Waals surface area contributed by atoms with Crippen LogP contribution in [0.1, 0.15) is 164 Å². The molecule has 4 heterocycles. The Bertz CT molecular complexity index is 1810. The molecule has 3 aliphatic heterocycles.